The first-order chi connectivity index (χ1) is 11.2. The summed E-state index contributed by atoms with van der Waals surface area (Å²) in [5.41, 5.74) is 0.596. The van der Waals surface area contributed by atoms with Crippen LogP contribution in [0.4, 0.5) is 5.69 Å². The molecular weight excluding hydrogens is 338 g/mol. The van der Waals surface area contributed by atoms with E-state index in [1.807, 2.05) is 12.1 Å². The average molecular weight is 354 g/mol. The van der Waals surface area contributed by atoms with Gasteiger partial charge in [-0.25, -0.2) is 4.68 Å². The Morgan fingerprint density at radius 3 is 3.13 bits per heavy atom. The minimum absolute atomic E-state index is 0.148. The lowest BCUT2D eigenvalue weighted by Crippen LogP contribution is -2.18. The number of para-hydroxylation sites is 1. The quantitative estimate of drug-likeness (QED) is 0.802. The number of carbonyl (C=O) groups is 1. The van der Waals surface area contributed by atoms with Crippen LogP contribution in [0.3, 0.4) is 0 Å². The molecule has 1 N–H and O–H groups in total. The fourth-order valence-electron chi connectivity index (χ4n) is 2.27. The number of carbonyl (C=O) groups excluding carboxylic acids is 1. The van der Waals surface area contributed by atoms with Gasteiger partial charge in [0.2, 0.25) is 11.1 Å². The fraction of sp³-hybridized carbons (Fsp3) is 0.429. The van der Waals surface area contributed by atoms with Crippen molar-refractivity contribution in [1.82, 2.24) is 20.2 Å². The number of nitrogens with one attached hydrogen (secondary N) is 1. The Balaban J connectivity index is 1.53. The van der Waals surface area contributed by atoms with Crippen LogP contribution in [0, 0.1) is 0 Å². The Kier molecular flexibility index (Phi) is 5.47. The van der Waals surface area contributed by atoms with Gasteiger partial charge in [-0.15, -0.1) is 5.10 Å². The molecule has 0 bridgehead atoms. The molecule has 0 radical (unpaired) electrons. The molecule has 3 rings (SSSR count). The van der Waals surface area contributed by atoms with E-state index in [4.69, 9.17) is 16.3 Å². The van der Waals surface area contributed by atoms with Gasteiger partial charge in [-0.05, 0) is 35.4 Å². The van der Waals surface area contributed by atoms with Gasteiger partial charge < -0.3 is 10.1 Å². The highest BCUT2D eigenvalue weighted by Gasteiger charge is 2.19. The molecule has 1 saturated heterocycles. The van der Waals surface area contributed by atoms with Crippen LogP contribution >= 0.6 is 23.4 Å². The summed E-state index contributed by atoms with van der Waals surface area (Å²) in [5.74, 6) is 0.0479. The predicted octanol–water partition coefficient (Wildman–Crippen LogP) is 2.24. The van der Waals surface area contributed by atoms with Crippen LogP contribution in [0.2, 0.25) is 5.02 Å². The lowest BCUT2D eigenvalue weighted by atomic mass is 10.2. The third kappa shape index (κ3) is 4.43. The maximum absolute atomic E-state index is 12.0. The van der Waals surface area contributed by atoms with Gasteiger partial charge in [-0.3, -0.25) is 4.79 Å². The Hall–Kier alpha value is -1.64. The monoisotopic (exact) mass is 353 g/mol. The first-order valence-corrected chi connectivity index (χ1v) is 8.63. The Labute approximate surface area is 142 Å². The van der Waals surface area contributed by atoms with Crippen molar-refractivity contribution < 1.29 is 9.53 Å². The molecule has 122 valence electrons. The number of hydrogen-bond donors (Lipinski definition) is 1. The number of rotatable bonds is 6. The van der Waals surface area contributed by atoms with Crippen LogP contribution in [0.25, 0.3) is 0 Å². The molecule has 2 heterocycles. The number of tetrazole rings is 1. The minimum atomic E-state index is -0.158. The fourth-order valence-corrected chi connectivity index (χ4v) is 3.14. The van der Waals surface area contributed by atoms with Crippen molar-refractivity contribution >= 4 is 35.0 Å². The predicted molar refractivity (Wildman–Crippen MR) is 87.6 cm³/mol. The number of aromatic nitrogens is 4. The van der Waals surface area contributed by atoms with Crippen molar-refractivity contribution in [3.63, 3.8) is 0 Å². The van der Waals surface area contributed by atoms with E-state index in [2.05, 4.69) is 20.8 Å². The maximum atomic E-state index is 12.0. The van der Waals surface area contributed by atoms with Crippen molar-refractivity contribution in [2.24, 2.45) is 0 Å². The van der Waals surface area contributed by atoms with E-state index >= 15 is 0 Å². The molecule has 0 aliphatic carbocycles. The van der Waals surface area contributed by atoms with Crippen molar-refractivity contribution in [3.05, 3.63) is 29.3 Å². The van der Waals surface area contributed by atoms with Crippen molar-refractivity contribution in [3.8, 4) is 0 Å². The topological polar surface area (TPSA) is 81.9 Å². The van der Waals surface area contributed by atoms with Gasteiger partial charge >= 0.3 is 0 Å². The van der Waals surface area contributed by atoms with Crippen LogP contribution in [-0.2, 0) is 16.1 Å². The molecule has 1 fully saturated rings. The Bertz CT molecular complexity index is 675. The van der Waals surface area contributed by atoms with E-state index < -0.39 is 0 Å². The third-order valence-corrected chi connectivity index (χ3v) is 4.67. The molecule has 23 heavy (non-hydrogen) atoms. The molecule has 1 aromatic heterocycles. The van der Waals surface area contributed by atoms with Crippen molar-refractivity contribution in [1.29, 1.82) is 0 Å². The molecule has 0 spiro atoms. The van der Waals surface area contributed by atoms with Gasteiger partial charge in [-0.2, -0.15) is 0 Å². The van der Waals surface area contributed by atoms with Gasteiger partial charge in [0.05, 0.1) is 29.1 Å². The smallest absolute Gasteiger partial charge is 0.234 e. The first kappa shape index (κ1) is 16.2. The number of ether oxygens (including phenoxy) is 1. The van der Waals surface area contributed by atoms with Crippen LogP contribution < -0.4 is 5.32 Å². The number of amides is 1. The van der Waals surface area contributed by atoms with E-state index in [-0.39, 0.29) is 17.8 Å². The summed E-state index contributed by atoms with van der Waals surface area (Å²) in [6, 6.07) is 7.11. The highest BCUT2D eigenvalue weighted by atomic mass is 35.5. The molecule has 7 nitrogen and oxygen atoms in total. The van der Waals surface area contributed by atoms with Crippen LogP contribution in [0.15, 0.2) is 29.4 Å². The molecule has 1 aromatic carbocycles. The lowest BCUT2D eigenvalue weighted by molar-refractivity contribution is -0.113. The zero-order valence-corrected chi connectivity index (χ0v) is 13.9. The molecule has 1 amide bonds. The van der Waals surface area contributed by atoms with Gasteiger partial charge in [0, 0.05) is 6.61 Å². The summed E-state index contributed by atoms with van der Waals surface area (Å²) in [6.07, 6.45) is 2.22. The molecule has 1 aliphatic rings. The van der Waals surface area contributed by atoms with Crippen LogP contribution in [0.1, 0.15) is 12.8 Å². The maximum Gasteiger partial charge on any atom is 0.234 e. The SMILES string of the molecule is O=C(CSc1nnnn1CC1CCCO1)Nc1ccccc1Cl. The van der Waals surface area contributed by atoms with E-state index in [1.54, 1.807) is 16.8 Å². The average Bonchev–Trinajstić information content (AvgIpc) is 3.20. The summed E-state index contributed by atoms with van der Waals surface area (Å²) < 4.78 is 7.26. The van der Waals surface area contributed by atoms with Crippen LogP contribution in [0.5, 0.6) is 0 Å². The summed E-state index contributed by atoms with van der Waals surface area (Å²) in [4.78, 5) is 12.0. The molecule has 1 aliphatic heterocycles. The van der Waals surface area contributed by atoms with E-state index in [0.29, 0.717) is 22.4 Å². The first-order valence-electron chi connectivity index (χ1n) is 7.27. The van der Waals surface area contributed by atoms with E-state index in [0.717, 1.165) is 19.4 Å². The Morgan fingerprint density at radius 2 is 2.35 bits per heavy atom. The number of nitrogens with zero attached hydrogens (tertiary/aromatic N) is 4. The Morgan fingerprint density at radius 1 is 1.48 bits per heavy atom. The largest absolute Gasteiger partial charge is 0.376 e. The zero-order valence-electron chi connectivity index (χ0n) is 12.3. The van der Waals surface area contributed by atoms with Crippen molar-refractivity contribution in [2.45, 2.75) is 30.6 Å². The molecule has 2 aromatic rings. The lowest BCUT2D eigenvalue weighted by Gasteiger charge is -2.10. The number of thioether (sulfide) groups is 1. The number of hydrogen-bond acceptors (Lipinski definition) is 6. The van der Waals surface area contributed by atoms with Crippen molar-refractivity contribution in [2.75, 3.05) is 17.7 Å². The second-order valence-corrected chi connectivity index (χ2v) is 6.44. The molecule has 9 heteroatoms. The number of halogens is 1. The highest BCUT2D eigenvalue weighted by Crippen LogP contribution is 2.22. The van der Waals surface area contributed by atoms with Gasteiger partial charge in [0.1, 0.15) is 0 Å². The van der Waals surface area contributed by atoms with Crippen LogP contribution in [-0.4, -0.2) is 44.6 Å². The standard InChI is InChI=1S/C14H16ClN5O2S/c15-11-5-1-2-6-12(11)16-13(21)9-23-14-17-18-19-20(14)8-10-4-3-7-22-10/h1-2,5-6,10H,3-4,7-9H2,(H,16,21). The normalized spacial score (nSPS) is 17.3. The molecular formula is C14H16ClN5O2S. The molecule has 1 unspecified atom stereocenters. The molecule has 0 saturated carbocycles. The summed E-state index contributed by atoms with van der Waals surface area (Å²) in [6.45, 7) is 1.40. The second-order valence-electron chi connectivity index (χ2n) is 5.10. The number of anilines is 1. The van der Waals surface area contributed by atoms with Gasteiger partial charge in [-0.1, -0.05) is 35.5 Å². The summed E-state index contributed by atoms with van der Waals surface area (Å²) in [5, 5.41) is 15.5. The van der Waals surface area contributed by atoms with Gasteiger partial charge in [0.25, 0.3) is 0 Å². The minimum Gasteiger partial charge on any atom is -0.376 e. The highest BCUT2D eigenvalue weighted by molar-refractivity contribution is 7.99. The second kappa shape index (κ2) is 7.76. The third-order valence-electron chi connectivity index (χ3n) is 3.38. The zero-order chi connectivity index (χ0) is 16.1. The van der Waals surface area contributed by atoms with E-state index in [1.165, 1.54) is 11.8 Å². The van der Waals surface area contributed by atoms with Gasteiger partial charge in [0.15, 0.2) is 0 Å². The number of benzene rings is 1. The molecule has 1 atom stereocenters. The van der Waals surface area contributed by atoms with E-state index in [9.17, 15) is 4.79 Å². The summed E-state index contributed by atoms with van der Waals surface area (Å²) in [7, 11) is 0. The summed E-state index contributed by atoms with van der Waals surface area (Å²) >= 11 is 7.30.